The molecule has 14 heavy (non-hydrogen) atoms. The van der Waals surface area contributed by atoms with Crippen molar-refractivity contribution in [1.29, 1.82) is 0 Å². The Labute approximate surface area is 86.3 Å². The molecule has 1 aromatic carbocycles. The molecule has 0 radical (unpaired) electrons. The molecule has 1 aromatic rings. The summed E-state index contributed by atoms with van der Waals surface area (Å²) >= 11 is 0. The van der Waals surface area contributed by atoms with E-state index < -0.39 is 0 Å². The van der Waals surface area contributed by atoms with Crippen LogP contribution in [0.2, 0.25) is 0 Å². The third-order valence-corrected chi connectivity index (χ3v) is 2.05. The van der Waals surface area contributed by atoms with Crippen LogP contribution in [0.1, 0.15) is 16.7 Å². The molecule has 78 valence electrons. The van der Waals surface area contributed by atoms with Gasteiger partial charge in [-0.15, -0.1) is 0 Å². The number of benzene rings is 1. The standard InChI is InChI=1S/C12H19NO/c1-10-6-11(2)8-12(7-10)9-14-5-4-13-3/h6-8,13H,4-5,9H2,1-3H3. The lowest BCUT2D eigenvalue weighted by atomic mass is 10.1. The highest BCUT2D eigenvalue weighted by molar-refractivity contribution is 5.27. The van der Waals surface area contributed by atoms with Crippen LogP contribution in [0, 0.1) is 13.8 Å². The van der Waals surface area contributed by atoms with E-state index in [0.717, 1.165) is 13.2 Å². The van der Waals surface area contributed by atoms with Gasteiger partial charge in [0, 0.05) is 6.54 Å². The fourth-order valence-corrected chi connectivity index (χ4v) is 1.52. The Hall–Kier alpha value is -0.860. The third kappa shape index (κ3) is 3.90. The Morgan fingerprint density at radius 1 is 1.14 bits per heavy atom. The van der Waals surface area contributed by atoms with E-state index in [-0.39, 0.29) is 0 Å². The van der Waals surface area contributed by atoms with Crippen molar-refractivity contribution in [2.75, 3.05) is 20.2 Å². The Bertz CT molecular complexity index is 263. The number of aryl methyl sites for hydroxylation is 2. The Morgan fingerprint density at radius 2 is 1.79 bits per heavy atom. The maximum atomic E-state index is 5.51. The minimum Gasteiger partial charge on any atom is -0.375 e. The molecule has 0 bridgehead atoms. The van der Waals surface area contributed by atoms with Crippen LogP contribution >= 0.6 is 0 Å². The zero-order valence-electron chi connectivity index (χ0n) is 9.26. The van der Waals surface area contributed by atoms with Crippen LogP contribution in [0.5, 0.6) is 0 Å². The predicted octanol–water partition coefficient (Wildman–Crippen LogP) is 2.04. The zero-order chi connectivity index (χ0) is 10.4. The van der Waals surface area contributed by atoms with E-state index >= 15 is 0 Å². The van der Waals surface area contributed by atoms with Crippen LogP contribution in [0.25, 0.3) is 0 Å². The molecule has 0 amide bonds. The van der Waals surface area contributed by atoms with Gasteiger partial charge in [0.05, 0.1) is 13.2 Å². The second kappa shape index (κ2) is 5.78. The van der Waals surface area contributed by atoms with Gasteiger partial charge in [0.15, 0.2) is 0 Å². The lowest BCUT2D eigenvalue weighted by Gasteiger charge is -2.06. The van der Waals surface area contributed by atoms with Gasteiger partial charge < -0.3 is 10.1 Å². The van der Waals surface area contributed by atoms with Crippen molar-refractivity contribution in [3.05, 3.63) is 34.9 Å². The molecule has 0 fully saturated rings. The summed E-state index contributed by atoms with van der Waals surface area (Å²) in [4.78, 5) is 0. The number of likely N-dealkylation sites (N-methyl/N-ethyl adjacent to an activating group) is 1. The van der Waals surface area contributed by atoms with E-state index in [1.165, 1.54) is 16.7 Å². The van der Waals surface area contributed by atoms with Crippen molar-refractivity contribution in [3.63, 3.8) is 0 Å². The van der Waals surface area contributed by atoms with Crippen molar-refractivity contribution < 1.29 is 4.74 Å². The maximum Gasteiger partial charge on any atom is 0.0717 e. The average molecular weight is 193 g/mol. The summed E-state index contributed by atoms with van der Waals surface area (Å²) in [5.41, 5.74) is 3.87. The van der Waals surface area contributed by atoms with Crippen LogP contribution < -0.4 is 5.32 Å². The van der Waals surface area contributed by atoms with Crippen molar-refractivity contribution in [2.45, 2.75) is 20.5 Å². The molecule has 2 nitrogen and oxygen atoms in total. The summed E-state index contributed by atoms with van der Waals surface area (Å²) in [6.07, 6.45) is 0. The Morgan fingerprint density at radius 3 is 2.36 bits per heavy atom. The quantitative estimate of drug-likeness (QED) is 0.723. The highest BCUT2D eigenvalue weighted by atomic mass is 16.5. The van der Waals surface area contributed by atoms with Crippen molar-refractivity contribution in [1.82, 2.24) is 5.32 Å². The zero-order valence-corrected chi connectivity index (χ0v) is 9.26. The molecular formula is C12H19NO. The lowest BCUT2D eigenvalue weighted by molar-refractivity contribution is 0.124. The molecular weight excluding hydrogens is 174 g/mol. The van der Waals surface area contributed by atoms with Crippen LogP contribution in [0.3, 0.4) is 0 Å². The number of ether oxygens (including phenoxy) is 1. The smallest absolute Gasteiger partial charge is 0.0717 e. The minimum atomic E-state index is 0.712. The fourth-order valence-electron chi connectivity index (χ4n) is 1.52. The average Bonchev–Trinajstić information content (AvgIpc) is 2.11. The molecule has 0 saturated heterocycles. The van der Waals surface area contributed by atoms with Gasteiger partial charge >= 0.3 is 0 Å². The molecule has 1 rings (SSSR count). The van der Waals surface area contributed by atoms with E-state index in [1.807, 2.05) is 7.05 Å². The SMILES string of the molecule is CNCCOCc1cc(C)cc(C)c1. The molecule has 0 aliphatic carbocycles. The number of hydrogen-bond donors (Lipinski definition) is 1. The van der Waals surface area contributed by atoms with E-state index in [4.69, 9.17) is 4.74 Å². The first-order valence-corrected chi connectivity index (χ1v) is 5.02. The number of rotatable bonds is 5. The first kappa shape index (κ1) is 11.2. The van der Waals surface area contributed by atoms with E-state index in [2.05, 4.69) is 37.4 Å². The third-order valence-electron chi connectivity index (χ3n) is 2.05. The lowest BCUT2D eigenvalue weighted by Crippen LogP contribution is -2.14. The van der Waals surface area contributed by atoms with E-state index in [9.17, 15) is 0 Å². The summed E-state index contributed by atoms with van der Waals surface area (Å²) in [6, 6.07) is 6.52. The summed E-state index contributed by atoms with van der Waals surface area (Å²) < 4.78 is 5.51. The second-order valence-corrected chi connectivity index (χ2v) is 3.65. The molecule has 0 unspecified atom stereocenters. The van der Waals surface area contributed by atoms with E-state index in [0.29, 0.717) is 6.61 Å². The summed E-state index contributed by atoms with van der Waals surface area (Å²) in [5.74, 6) is 0. The highest BCUT2D eigenvalue weighted by Crippen LogP contribution is 2.09. The Kier molecular flexibility index (Phi) is 4.63. The van der Waals surface area contributed by atoms with Crippen molar-refractivity contribution in [2.24, 2.45) is 0 Å². The molecule has 1 N–H and O–H groups in total. The molecule has 0 saturated carbocycles. The minimum absolute atomic E-state index is 0.712. The van der Waals surface area contributed by atoms with E-state index in [1.54, 1.807) is 0 Å². The van der Waals surface area contributed by atoms with Gasteiger partial charge in [-0.05, 0) is 26.5 Å². The molecule has 0 heterocycles. The molecule has 0 aliphatic rings. The van der Waals surface area contributed by atoms with Gasteiger partial charge in [0.25, 0.3) is 0 Å². The maximum absolute atomic E-state index is 5.51. The van der Waals surface area contributed by atoms with Gasteiger partial charge in [0.2, 0.25) is 0 Å². The molecule has 0 spiro atoms. The largest absolute Gasteiger partial charge is 0.375 e. The normalized spacial score (nSPS) is 10.5. The summed E-state index contributed by atoms with van der Waals surface area (Å²) in [7, 11) is 1.93. The highest BCUT2D eigenvalue weighted by Gasteiger charge is 1.95. The van der Waals surface area contributed by atoms with Gasteiger partial charge in [0.1, 0.15) is 0 Å². The van der Waals surface area contributed by atoms with Crippen LogP contribution in [0.15, 0.2) is 18.2 Å². The molecule has 0 aromatic heterocycles. The monoisotopic (exact) mass is 193 g/mol. The van der Waals surface area contributed by atoms with Crippen LogP contribution in [0.4, 0.5) is 0 Å². The van der Waals surface area contributed by atoms with Crippen molar-refractivity contribution in [3.8, 4) is 0 Å². The number of nitrogens with one attached hydrogen (secondary N) is 1. The van der Waals surface area contributed by atoms with Crippen molar-refractivity contribution >= 4 is 0 Å². The second-order valence-electron chi connectivity index (χ2n) is 3.65. The fraction of sp³-hybridized carbons (Fsp3) is 0.500. The first-order chi connectivity index (χ1) is 6.72. The Balaban J connectivity index is 2.42. The first-order valence-electron chi connectivity index (χ1n) is 5.02. The molecule has 0 aliphatic heterocycles. The van der Waals surface area contributed by atoms with Crippen LogP contribution in [-0.4, -0.2) is 20.2 Å². The van der Waals surface area contributed by atoms with Gasteiger partial charge in [-0.25, -0.2) is 0 Å². The topological polar surface area (TPSA) is 21.3 Å². The summed E-state index contributed by atoms with van der Waals surface area (Å²) in [6.45, 7) is 6.62. The summed E-state index contributed by atoms with van der Waals surface area (Å²) in [5, 5.41) is 3.05. The molecule has 0 atom stereocenters. The number of hydrogen-bond acceptors (Lipinski definition) is 2. The predicted molar refractivity (Wildman–Crippen MR) is 59.5 cm³/mol. The van der Waals surface area contributed by atoms with Gasteiger partial charge in [-0.2, -0.15) is 0 Å². The molecule has 2 heteroatoms. The van der Waals surface area contributed by atoms with Gasteiger partial charge in [-0.1, -0.05) is 29.3 Å². The van der Waals surface area contributed by atoms with Gasteiger partial charge in [-0.3, -0.25) is 0 Å². The van der Waals surface area contributed by atoms with Crippen LogP contribution in [-0.2, 0) is 11.3 Å².